The van der Waals surface area contributed by atoms with Crippen molar-refractivity contribution in [2.75, 3.05) is 13.7 Å². The van der Waals surface area contributed by atoms with E-state index in [9.17, 15) is 0 Å². The van der Waals surface area contributed by atoms with Crippen LogP contribution in [0, 0.1) is 4.77 Å². The number of rotatable bonds is 5. The lowest BCUT2D eigenvalue weighted by Crippen LogP contribution is -2.27. The molecule has 0 spiro atoms. The molecular formula is C16H22N4OS. The van der Waals surface area contributed by atoms with E-state index < -0.39 is 0 Å². The molecule has 0 radical (unpaired) electrons. The molecule has 0 N–H and O–H groups in total. The van der Waals surface area contributed by atoms with Gasteiger partial charge in [0.1, 0.15) is 12.1 Å². The van der Waals surface area contributed by atoms with Gasteiger partial charge < -0.3 is 9.30 Å². The van der Waals surface area contributed by atoms with Crippen LogP contribution in [0.4, 0.5) is 0 Å². The van der Waals surface area contributed by atoms with Crippen molar-refractivity contribution in [1.82, 2.24) is 19.2 Å². The smallest absolute Gasteiger partial charge is 0.198 e. The van der Waals surface area contributed by atoms with Gasteiger partial charge in [0.05, 0.1) is 13.8 Å². The fourth-order valence-electron chi connectivity index (χ4n) is 3.06. The number of methoxy groups -OCH3 is 1. The quantitative estimate of drug-likeness (QED) is 0.793. The average Bonchev–Trinajstić information content (AvgIpc) is 3.15. The van der Waals surface area contributed by atoms with Crippen molar-refractivity contribution in [3.63, 3.8) is 0 Å². The summed E-state index contributed by atoms with van der Waals surface area (Å²) < 4.78 is 9.95. The van der Waals surface area contributed by atoms with Crippen molar-refractivity contribution in [1.29, 1.82) is 0 Å². The lowest BCUT2D eigenvalue weighted by Gasteiger charge is -2.24. The molecule has 1 fully saturated rings. The van der Waals surface area contributed by atoms with Gasteiger partial charge in [0.25, 0.3) is 0 Å². The zero-order chi connectivity index (χ0) is 15.5. The highest BCUT2D eigenvalue weighted by molar-refractivity contribution is 7.71. The second-order valence-electron chi connectivity index (χ2n) is 5.58. The molecule has 1 aliphatic heterocycles. The zero-order valence-corrected chi connectivity index (χ0v) is 13.9. The molecule has 3 rings (SSSR count). The standard InChI is InChI=1S/C16H22N4OS/c1-3-18-11-17-20(16(18)22)12-19-10-4-5-15(19)13-6-8-14(21-2)9-7-13/h6-9,11,15H,3-5,10,12H2,1-2H3/t15-/m1/s1. The number of aryl methyl sites for hydroxylation is 1. The second-order valence-corrected chi connectivity index (χ2v) is 5.95. The van der Waals surface area contributed by atoms with E-state index >= 15 is 0 Å². The van der Waals surface area contributed by atoms with Crippen LogP contribution in [-0.4, -0.2) is 32.9 Å². The van der Waals surface area contributed by atoms with Crippen molar-refractivity contribution in [3.8, 4) is 5.75 Å². The monoisotopic (exact) mass is 318 g/mol. The molecule has 0 unspecified atom stereocenters. The highest BCUT2D eigenvalue weighted by atomic mass is 32.1. The first-order valence-corrected chi connectivity index (χ1v) is 8.14. The predicted molar refractivity (Wildman–Crippen MR) is 88.4 cm³/mol. The van der Waals surface area contributed by atoms with E-state index in [4.69, 9.17) is 17.0 Å². The van der Waals surface area contributed by atoms with E-state index in [-0.39, 0.29) is 0 Å². The van der Waals surface area contributed by atoms with Gasteiger partial charge in [0, 0.05) is 19.1 Å². The van der Waals surface area contributed by atoms with E-state index in [1.165, 1.54) is 18.4 Å². The van der Waals surface area contributed by atoms with Crippen molar-refractivity contribution in [2.45, 2.75) is 39.0 Å². The summed E-state index contributed by atoms with van der Waals surface area (Å²) in [5.74, 6) is 0.900. The topological polar surface area (TPSA) is 35.2 Å². The fourth-order valence-corrected chi connectivity index (χ4v) is 3.34. The van der Waals surface area contributed by atoms with Crippen LogP contribution in [0.1, 0.15) is 31.4 Å². The van der Waals surface area contributed by atoms with Crippen LogP contribution in [0.5, 0.6) is 5.75 Å². The molecule has 118 valence electrons. The molecule has 1 aliphatic rings. The Balaban J connectivity index is 1.77. The summed E-state index contributed by atoms with van der Waals surface area (Å²) in [5, 5.41) is 4.42. The summed E-state index contributed by atoms with van der Waals surface area (Å²) in [6.45, 7) is 4.78. The Morgan fingerprint density at radius 3 is 2.73 bits per heavy atom. The van der Waals surface area contributed by atoms with Crippen molar-refractivity contribution >= 4 is 12.2 Å². The fraction of sp³-hybridized carbons (Fsp3) is 0.500. The minimum absolute atomic E-state index is 0.430. The zero-order valence-electron chi connectivity index (χ0n) is 13.1. The number of likely N-dealkylation sites (tertiary alicyclic amines) is 1. The predicted octanol–water partition coefficient (Wildman–Crippen LogP) is 3.24. The summed E-state index contributed by atoms with van der Waals surface area (Å²) in [6.07, 6.45) is 4.20. The Labute approximate surface area is 136 Å². The molecule has 0 aliphatic carbocycles. The molecule has 1 aromatic heterocycles. The summed E-state index contributed by atoms with van der Waals surface area (Å²) in [4.78, 5) is 2.45. The number of ether oxygens (including phenoxy) is 1. The molecule has 6 heteroatoms. The normalized spacial score (nSPS) is 18.7. The number of aromatic nitrogens is 3. The van der Waals surface area contributed by atoms with Crippen LogP contribution in [0.15, 0.2) is 30.6 Å². The highest BCUT2D eigenvalue weighted by Gasteiger charge is 2.26. The van der Waals surface area contributed by atoms with Gasteiger partial charge in [-0.15, -0.1) is 0 Å². The van der Waals surface area contributed by atoms with Gasteiger partial charge in [-0.05, 0) is 49.7 Å². The largest absolute Gasteiger partial charge is 0.497 e. The average molecular weight is 318 g/mol. The van der Waals surface area contributed by atoms with E-state index in [0.717, 1.165) is 30.3 Å². The van der Waals surface area contributed by atoms with Gasteiger partial charge in [-0.3, -0.25) is 4.90 Å². The van der Waals surface area contributed by atoms with Crippen LogP contribution >= 0.6 is 12.2 Å². The first-order valence-electron chi connectivity index (χ1n) is 7.73. The second kappa shape index (κ2) is 6.62. The van der Waals surface area contributed by atoms with Crippen LogP contribution < -0.4 is 4.74 Å². The maximum atomic E-state index is 5.47. The number of benzene rings is 1. The Bertz CT molecular complexity index is 676. The summed E-state index contributed by atoms with van der Waals surface area (Å²) in [7, 11) is 1.70. The Morgan fingerprint density at radius 1 is 1.32 bits per heavy atom. The molecule has 0 saturated carbocycles. The number of nitrogens with zero attached hydrogens (tertiary/aromatic N) is 4. The van der Waals surface area contributed by atoms with Crippen LogP contribution in [-0.2, 0) is 13.2 Å². The minimum atomic E-state index is 0.430. The molecule has 1 atom stereocenters. The third-order valence-electron chi connectivity index (χ3n) is 4.32. The summed E-state index contributed by atoms with van der Waals surface area (Å²) in [5.41, 5.74) is 1.33. The molecule has 1 saturated heterocycles. The van der Waals surface area contributed by atoms with Crippen molar-refractivity contribution in [3.05, 3.63) is 40.9 Å². The Hall–Kier alpha value is -1.66. The van der Waals surface area contributed by atoms with Crippen molar-refractivity contribution < 1.29 is 4.74 Å². The van der Waals surface area contributed by atoms with E-state index in [0.29, 0.717) is 6.04 Å². The van der Waals surface area contributed by atoms with Gasteiger partial charge in [-0.25, -0.2) is 4.68 Å². The van der Waals surface area contributed by atoms with E-state index in [2.05, 4.69) is 29.1 Å². The molecular weight excluding hydrogens is 296 g/mol. The number of hydrogen-bond donors (Lipinski definition) is 0. The van der Waals surface area contributed by atoms with Crippen molar-refractivity contribution in [2.24, 2.45) is 0 Å². The maximum absolute atomic E-state index is 5.47. The number of hydrogen-bond acceptors (Lipinski definition) is 4. The van der Waals surface area contributed by atoms with Gasteiger partial charge in [-0.1, -0.05) is 12.1 Å². The maximum Gasteiger partial charge on any atom is 0.198 e. The minimum Gasteiger partial charge on any atom is -0.497 e. The van der Waals surface area contributed by atoms with E-state index in [1.807, 2.05) is 27.7 Å². The van der Waals surface area contributed by atoms with Crippen LogP contribution in [0.25, 0.3) is 0 Å². The molecule has 1 aromatic carbocycles. The lowest BCUT2D eigenvalue weighted by atomic mass is 10.0. The lowest BCUT2D eigenvalue weighted by molar-refractivity contribution is 0.189. The summed E-state index contributed by atoms with van der Waals surface area (Å²) >= 11 is 5.47. The highest BCUT2D eigenvalue weighted by Crippen LogP contribution is 2.32. The summed E-state index contributed by atoms with van der Waals surface area (Å²) in [6, 6.07) is 8.81. The molecule has 0 bridgehead atoms. The molecule has 22 heavy (non-hydrogen) atoms. The van der Waals surface area contributed by atoms with Gasteiger partial charge >= 0.3 is 0 Å². The Morgan fingerprint density at radius 2 is 2.09 bits per heavy atom. The Kier molecular flexibility index (Phi) is 4.59. The molecule has 0 amide bonds. The third kappa shape index (κ3) is 2.94. The van der Waals surface area contributed by atoms with Gasteiger partial charge in [-0.2, -0.15) is 5.10 Å². The SMILES string of the molecule is CCn1cnn(CN2CCC[C@@H]2c2ccc(OC)cc2)c1=S. The first-order chi connectivity index (χ1) is 10.7. The first kappa shape index (κ1) is 15.2. The third-order valence-corrected chi connectivity index (χ3v) is 4.76. The molecule has 5 nitrogen and oxygen atoms in total. The van der Waals surface area contributed by atoms with Crippen LogP contribution in [0.3, 0.4) is 0 Å². The molecule has 2 aromatic rings. The molecule has 2 heterocycles. The van der Waals surface area contributed by atoms with Gasteiger partial charge in [0.15, 0.2) is 4.77 Å². The van der Waals surface area contributed by atoms with Crippen LogP contribution in [0.2, 0.25) is 0 Å². The van der Waals surface area contributed by atoms with E-state index in [1.54, 1.807) is 7.11 Å². The van der Waals surface area contributed by atoms with Gasteiger partial charge in [0.2, 0.25) is 0 Å².